The molecule has 0 aliphatic heterocycles. The van der Waals surface area contributed by atoms with Crippen LogP contribution in [0.3, 0.4) is 0 Å². The first-order valence-electron chi connectivity index (χ1n) is 7.62. The molecule has 124 valence electrons. The Morgan fingerprint density at radius 3 is 2.68 bits per heavy atom. The van der Waals surface area contributed by atoms with Gasteiger partial charge in [-0.05, 0) is 51.3 Å². The van der Waals surface area contributed by atoms with Gasteiger partial charge >= 0.3 is 6.09 Å². The van der Waals surface area contributed by atoms with E-state index in [9.17, 15) is 4.79 Å². The summed E-state index contributed by atoms with van der Waals surface area (Å²) in [6.45, 7) is 8.77. The molecule has 4 nitrogen and oxygen atoms in total. The molecule has 0 aromatic heterocycles. The van der Waals surface area contributed by atoms with Crippen LogP contribution in [0, 0.1) is 0 Å². The first-order valence-corrected chi connectivity index (χ1v) is 8.41. The normalized spacial score (nSPS) is 12.8. The van der Waals surface area contributed by atoms with E-state index in [2.05, 4.69) is 28.2 Å². The molecule has 0 aliphatic carbocycles. The Labute approximate surface area is 141 Å². The molecule has 5 heteroatoms. The lowest BCUT2D eigenvalue weighted by atomic mass is 10.1. The van der Waals surface area contributed by atoms with Crippen molar-refractivity contribution < 1.29 is 14.3 Å². The van der Waals surface area contributed by atoms with E-state index in [4.69, 9.17) is 9.47 Å². The van der Waals surface area contributed by atoms with Crippen molar-refractivity contribution in [3.63, 3.8) is 0 Å². The predicted octanol–water partition coefficient (Wildman–Crippen LogP) is 4.31. The molecule has 0 radical (unpaired) electrons. The fourth-order valence-corrected chi connectivity index (χ4v) is 2.39. The zero-order chi connectivity index (χ0) is 16.6. The summed E-state index contributed by atoms with van der Waals surface area (Å²) < 4.78 is 11.9. The lowest BCUT2D eigenvalue weighted by Crippen LogP contribution is -2.42. The molecule has 0 fully saturated rings. The summed E-state index contributed by atoms with van der Waals surface area (Å²) in [6, 6.07) is 7.93. The van der Waals surface area contributed by atoms with Crippen molar-refractivity contribution in [1.29, 1.82) is 0 Å². The third kappa shape index (κ3) is 8.39. The predicted molar refractivity (Wildman–Crippen MR) is 92.1 cm³/mol. The van der Waals surface area contributed by atoms with Crippen molar-refractivity contribution in [1.82, 2.24) is 5.32 Å². The molecule has 1 aromatic carbocycles. The summed E-state index contributed by atoms with van der Waals surface area (Å²) in [4.78, 5) is 12.0. The highest BCUT2D eigenvalue weighted by atomic mass is 79.9. The Morgan fingerprint density at radius 2 is 2.09 bits per heavy atom. The van der Waals surface area contributed by atoms with Gasteiger partial charge in [0.1, 0.15) is 5.60 Å². The Morgan fingerprint density at radius 1 is 1.36 bits per heavy atom. The van der Waals surface area contributed by atoms with Crippen LogP contribution in [-0.2, 0) is 15.9 Å². The van der Waals surface area contributed by atoms with Gasteiger partial charge in [0, 0.05) is 11.1 Å². The van der Waals surface area contributed by atoms with Gasteiger partial charge in [0.05, 0.1) is 12.6 Å². The van der Waals surface area contributed by atoms with Gasteiger partial charge in [-0.25, -0.2) is 4.79 Å². The summed E-state index contributed by atoms with van der Waals surface area (Å²) in [7, 11) is 0. The molecule has 22 heavy (non-hydrogen) atoms. The molecule has 0 saturated carbocycles. The maximum Gasteiger partial charge on any atom is 0.407 e. The fourth-order valence-electron chi connectivity index (χ4n) is 1.94. The van der Waals surface area contributed by atoms with Gasteiger partial charge in [0.25, 0.3) is 0 Å². The number of benzene rings is 1. The summed E-state index contributed by atoms with van der Waals surface area (Å²) in [5, 5.41) is 2.90. The second kappa shape index (κ2) is 9.16. The van der Waals surface area contributed by atoms with Crippen LogP contribution < -0.4 is 5.32 Å². The molecule has 0 aliphatic rings. The quantitative estimate of drug-likeness (QED) is 0.726. The van der Waals surface area contributed by atoms with E-state index >= 15 is 0 Å². The number of amides is 1. The van der Waals surface area contributed by atoms with Crippen molar-refractivity contribution in [3.8, 4) is 0 Å². The van der Waals surface area contributed by atoms with Gasteiger partial charge in [-0.3, -0.25) is 0 Å². The summed E-state index contributed by atoms with van der Waals surface area (Å²) in [5.41, 5.74) is 0.629. The molecular formula is C17H26BrNO3. The molecule has 1 aromatic rings. The van der Waals surface area contributed by atoms with E-state index in [-0.39, 0.29) is 6.04 Å². The molecule has 1 atom stereocenters. The zero-order valence-electron chi connectivity index (χ0n) is 13.8. The van der Waals surface area contributed by atoms with Gasteiger partial charge in [-0.2, -0.15) is 0 Å². The number of carbonyl (C=O) groups excluding carboxylic acids is 1. The van der Waals surface area contributed by atoms with E-state index < -0.39 is 11.7 Å². The van der Waals surface area contributed by atoms with E-state index in [1.165, 1.54) is 0 Å². The van der Waals surface area contributed by atoms with E-state index in [1.54, 1.807) is 0 Å². The van der Waals surface area contributed by atoms with Crippen LogP contribution in [0.2, 0.25) is 0 Å². The lowest BCUT2D eigenvalue weighted by molar-refractivity contribution is 0.0443. The fraction of sp³-hybridized carbons (Fsp3) is 0.588. The first kappa shape index (κ1) is 19.0. The number of ether oxygens (including phenoxy) is 2. The highest BCUT2D eigenvalue weighted by Crippen LogP contribution is 2.14. The standard InChI is InChI=1S/C17H26BrNO3/c1-5-9-21-12-15(19-16(20)22-17(2,3)4)11-13-7-6-8-14(18)10-13/h6-8,10,15H,5,9,11-12H2,1-4H3,(H,19,20). The van der Waals surface area contributed by atoms with E-state index in [0.717, 1.165) is 16.5 Å². The first-order chi connectivity index (χ1) is 10.3. The average Bonchev–Trinajstić information content (AvgIpc) is 2.36. The van der Waals surface area contributed by atoms with Crippen LogP contribution in [-0.4, -0.2) is 30.9 Å². The Hall–Kier alpha value is -1.07. The topological polar surface area (TPSA) is 47.6 Å². The van der Waals surface area contributed by atoms with Crippen molar-refractivity contribution in [2.75, 3.05) is 13.2 Å². The highest BCUT2D eigenvalue weighted by molar-refractivity contribution is 9.10. The molecule has 0 saturated heterocycles. The smallest absolute Gasteiger partial charge is 0.407 e. The number of alkyl carbamates (subject to hydrolysis) is 1. The van der Waals surface area contributed by atoms with Gasteiger partial charge in [0.2, 0.25) is 0 Å². The molecule has 1 unspecified atom stereocenters. The third-order valence-corrected chi connectivity index (χ3v) is 3.25. The average molecular weight is 372 g/mol. The van der Waals surface area contributed by atoms with Crippen molar-refractivity contribution in [2.24, 2.45) is 0 Å². The summed E-state index contributed by atoms with van der Waals surface area (Å²) in [6.07, 6.45) is 1.24. The monoisotopic (exact) mass is 371 g/mol. The number of halogens is 1. The molecule has 0 spiro atoms. The van der Waals surface area contributed by atoms with Crippen LogP contribution in [0.15, 0.2) is 28.7 Å². The van der Waals surface area contributed by atoms with Crippen LogP contribution in [0.25, 0.3) is 0 Å². The highest BCUT2D eigenvalue weighted by Gasteiger charge is 2.20. The summed E-state index contributed by atoms with van der Waals surface area (Å²) >= 11 is 3.46. The molecule has 1 amide bonds. The SMILES string of the molecule is CCCOCC(Cc1cccc(Br)c1)NC(=O)OC(C)(C)C. The largest absolute Gasteiger partial charge is 0.444 e. The Balaban J connectivity index is 2.64. The van der Waals surface area contributed by atoms with Gasteiger partial charge < -0.3 is 14.8 Å². The second-order valence-corrected chi connectivity index (χ2v) is 7.17. The molecular weight excluding hydrogens is 346 g/mol. The van der Waals surface area contributed by atoms with Gasteiger partial charge in [0.15, 0.2) is 0 Å². The molecule has 1 rings (SSSR count). The third-order valence-electron chi connectivity index (χ3n) is 2.76. The molecule has 0 heterocycles. The van der Waals surface area contributed by atoms with Gasteiger partial charge in [-0.15, -0.1) is 0 Å². The number of nitrogens with one attached hydrogen (secondary N) is 1. The van der Waals surface area contributed by atoms with Crippen LogP contribution in [0.4, 0.5) is 4.79 Å². The minimum Gasteiger partial charge on any atom is -0.444 e. The Bertz CT molecular complexity index is 471. The maximum absolute atomic E-state index is 12.0. The number of rotatable bonds is 7. The zero-order valence-corrected chi connectivity index (χ0v) is 15.4. The minimum absolute atomic E-state index is 0.115. The van der Waals surface area contributed by atoms with Crippen LogP contribution in [0.5, 0.6) is 0 Å². The number of hydrogen-bond acceptors (Lipinski definition) is 3. The second-order valence-electron chi connectivity index (χ2n) is 6.25. The lowest BCUT2D eigenvalue weighted by Gasteiger charge is -2.24. The van der Waals surface area contributed by atoms with E-state index in [0.29, 0.717) is 19.6 Å². The molecule has 1 N–H and O–H groups in total. The van der Waals surface area contributed by atoms with E-state index in [1.807, 2.05) is 45.0 Å². The van der Waals surface area contributed by atoms with Crippen molar-refractivity contribution >= 4 is 22.0 Å². The van der Waals surface area contributed by atoms with Crippen molar-refractivity contribution in [2.45, 2.75) is 52.2 Å². The number of hydrogen-bond donors (Lipinski definition) is 1. The Kier molecular flexibility index (Phi) is 7.90. The van der Waals surface area contributed by atoms with Crippen LogP contribution in [0.1, 0.15) is 39.7 Å². The maximum atomic E-state index is 12.0. The van der Waals surface area contributed by atoms with Crippen LogP contribution >= 0.6 is 15.9 Å². The van der Waals surface area contributed by atoms with Gasteiger partial charge in [-0.1, -0.05) is 35.0 Å². The molecule has 0 bridgehead atoms. The van der Waals surface area contributed by atoms with Crippen molar-refractivity contribution in [3.05, 3.63) is 34.3 Å². The minimum atomic E-state index is -0.505. The number of carbonyl (C=O) groups is 1. The summed E-state index contributed by atoms with van der Waals surface area (Å²) in [5.74, 6) is 0.